The normalized spacial score (nSPS) is 15.5. The van der Waals surface area contributed by atoms with Crippen molar-refractivity contribution in [3.63, 3.8) is 0 Å². The van der Waals surface area contributed by atoms with E-state index in [0.717, 1.165) is 42.5 Å². The number of benzene rings is 2. The van der Waals surface area contributed by atoms with Crippen molar-refractivity contribution >= 4 is 51.4 Å². The minimum Gasteiger partial charge on any atom is -0.369 e. The Kier molecular flexibility index (Phi) is 7.25. The highest BCUT2D eigenvalue weighted by Gasteiger charge is 2.14. The largest absolute Gasteiger partial charge is 0.369 e. The Balaban J connectivity index is 1.77. The Bertz CT molecular complexity index is 914. The van der Waals surface area contributed by atoms with E-state index in [2.05, 4.69) is 40.4 Å². The number of hydrogen-bond donors (Lipinski definition) is 1. The minimum atomic E-state index is -0.388. The fourth-order valence-corrected chi connectivity index (χ4v) is 3.44. The van der Waals surface area contributed by atoms with E-state index in [1.807, 2.05) is 24.3 Å². The van der Waals surface area contributed by atoms with Gasteiger partial charge in [-0.2, -0.15) is 5.26 Å². The summed E-state index contributed by atoms with van der Waals surface area (Å²) < 4.78 is 4.88. The van der Waals surface area contributed by atoms with E-state index in [9.17, 15) is 10.1 Å². The first-order valence-electron chi connectivity index (χ1n) is 9.21. The zero-order valence-electron chi connectivity index (χ0n) is 15.8. The predicted octanol–water partition coefficient (Wildman–Crippen LogP) is 2.98. The number of nitrogens with zero attached hydrogens (tertiary/aromatic N) is 3. The maximum absolute atomic E-state index is 12.1. The van der Waals surface area contributed by atoms with E-state index in [-0.39, 0.29) is 11.5 Å². The summed E-state index contributed by atoms with van der Waals surface area (Å²) in [5.41, 5.74) is 2.15. The number of halogens is 1. The molecule has 7 heteroatoms. The van der Waals surface area contributed by atoms with Gasteiger partial charge < -0.3 is 18.2 Å². The third-order valence-electron chi connectivity index (χ3n) is 4.86. The van der Waals surface area contributed by atoms with Gasteiger partial charge in [0, 0.05) is 38.4 Å². The number of fused-ring (bicyclic) bond motifs is 1. The lowest BCUT2D eigenvalue weighted by Gasteiger charge is -2.34. The SMILES string of the molecule is CN1CCN(c2ccc3cc(/C=C(\C#N)C(=O)NCCOI)ccc3c2)CC1. The number of rotatable bonds is 6. The van der Waals surface area contributed by atoms with Crippen LogP contribution in [-0.4, -0.2) is 57.2 Å². The van der Waals surface area contributed by atoms with Crippen molar-refractivity contribution in [3.8, 4) is 6.07 Å². The Morgan fingerprint density at radius 1 is 1.21 bits per heavy atom. The van der Waals surface area contributed by atoms with Gasteiger partial charge in [0.2, 0.25) is 0 Å². The first-order chi connectivity index (χ1) is 13.6. The average molecular weight is 490 g/mol. The van der Waals surface area contributed by atoms with Gasteiger partial charge >= 0.3 is 0 Å². The van der Waals surface area contributed by atoms with Crippen molar-refractivity contribution in [1.82, 2.24) is 10.2 Å². The number of carbonyl (C=O) groups excluding carboxylic acids is 1. The lowest BCUT2D eigenvalue weighted by atomic mass is 10.0. The number of amides is 1. The van der Waals surface area contributed by atoms with Gasteiger partial charge in [-0.1, -0.05) is 18.2 Å². The van der Waals surface area contributed by atoms with E-state index >= 15 is 0 Å². The zero-order valence-corrected chi connectivity index (χ0v) is 18.0. The molecule has 0 unspecified atom stereocenters. The molecule has 1 aliphatic rings. The van der Waals surface area contributed by atoms with Crippen LogP contribution in [0.2, 0.25) is 0 Å². The van der Waals surface area contributed by atoms with Crippen LogP contribution < -0.4 is 10.2 Å². The van der Waals surface area contributed by atoms with Crippen molar-refractivity contribution in [1.29, 1.82) is 5.26 Å². The van der Waals surface area contributed by atoms with Crippen LogP contribution in [0.1, 0.15) is 5.56 Å². The molecule has 2 aromatic carbocycles. The second kappa shape index (κ2) is 9.87. The molecule has 0 atom stereocenters. The average Bonchev–Trinajstić information content (AvgIpc) is 2.72. The quantitative estimate of drug-likeness (QED) is 0.292. The molecule has 0 aliphatic carbocycles. The highest BCUT2D eigenvalue weighted by molar-refractivity contribution is 14.1. The van der Waals surface area contributed by atoms with Crippen LogP contribution >= 0.6 is 23.0 Å². The summed E-state index contributed by atoms with van der Waals surface area (Å²) >= 11 is 1.77. The van der Waals surface area contributed by atoms with Crippen molar-refractivity contribution in [3.05, 3.63) is 47.5 Å². The van der Waals surface area contributed by atoms with E-state index in [4.69, 9.17) is 3.07 Å². The molecule has 1 saturated heterocycles. The second-order valence-electron chi connectivity index (χ2n) is 6.82. The molecule has 28 heavy (non-hydrogen) atoms. The summed E-state index contributed by atoms with van der Waals surface area (Å²) in [6.07, 6.45) is 1.62. The number of piperazine rings is 1. The van der Waals surface area contributed by atoms with E-state index in [1.165, 1.54) is 5.69 Å². The van der Waals surface area contributed by atoms with Crippen LogP contribution in [-0.2, 0) is 7.86 Å². The number of anilines is 1. The lowest BCUT2D eigenvalue weighted by molar-refractivity contribution is -0.117. The van der Waals surface area contributed by atoms with Crippen LogP contribution in [0.4, 0.5) is 5.69 Å². The monoisotopic (exact) mass is 490 g/mol. The summed E-state index contributed by atoms with van der Waals surface area (Å²) in [5.74, 6) is -0.388. The Hall–Kier alpha value is -2.15. The minimum absolute atomic E-state index is 0.0851. The fraction of sp³-hybridized carbons (Fsp3) is 0.333. The molecule has 1 fully saturated rings. The molecular weight excluding hydrogens is 467 g/mol. The molecule has 2 aromatic rings. The number of nitrogens with one attached hydrogen (secondary N) is 1. The summed E-state index contributed by atoms with van der Waals surface area (Å²) in [7, 11) is 2.15. The van der Waals surface area contributed by atoms with Crippen LogP contribution in [0, 0.1) is 11.3 Å². The van der Waals surface area contributed by atoms with Gasteiger partial charge in [-0.15, -0.1) is 0 Å². The third kappa shape index (κ3) is 5.22. The summed E-state index contributed by atoms with van der Waals surface area (Å²) in [5, 5.41) is 14.2. The maximum atomic E-state index is 12.1. The zero-order chi connectivity index (χ0) is 19.9. The molecule has 0 saturated carbocycles. The molecule has 6 nitrogen and oxygen atoms in total. The van der Waals surface area contributed by atoms with Crippen molar-refractivity contribution in [2.75, 3.05) is 51.3 Å². The van der Waals surface area contributed by atoms with Crippen molar-refractivity contribution in [2.45, 2.75) is 0 Å². The number of nitriles is 1. The molecule has 0 radical (unpaired) electrons. The predicted molar refractivity (Wildman–Crippen MR) is 120 cm³/mol. The van der Waals surface area contributed by atoms with E-state index < -0.39 is 0 Å². The highest BCUT2D eigenvalue weighted by Crippen LogP contribution is 2.25. The van der Waals surface area contributed by atoms with Gasteiger partial charge in [0.1, 0.15) is 34.6 Å². The first kappa shape index (κ1) is 20.6. The smallest absolute Gasteiger partial charge is 0.262 e. The summed E-state index contributed by atoms with van der Waals surface area (Å²) in [6.45, 7) is 4.98. The lowest BCUT2D eigenvalue weighted by Crippen LogP contribution is -2.44. The van der Waals surface area contributed by atoms with Gasteiger partial charge in [-0.05, 0) is 47.7 Å². The van der Waals surface area contributed by atoms with Gasteiger partial charge in [0.15, 0.2) is 0 Å². The molecular formula is C21H23IN4O2. The van der Waals surface area contributed by atoms with Gasteiger partial charge in [-0.3, -0.25) is 4.79 Å². The van der Waals surface area contributed by atoms with Crippen LogP contribution in [0.3, 0.4) is 0 Å². The Morgan fingerprint density at radius 3 is 2.64 bits per heavy atom. The molecule has 0 bridgehead atoms. The maximum Gasteiger partial charge on any atom is 0.262 e. The molecule has 1 N–H and O–H groups in total. The molecule has 0 aromatic heterocycles. The number of likely N-dealkylation sites (N-methyl/N-ethyl adjacent to an activating group) is 1. The molecule has 0 spiro atoms. The second-order valence-corrected chi connectivity index (χ2v) is 7.44. The molecule has 3 rings (SSSR count). The van der Waals surface area contributed by atoms with E-state index in [0.29, 0.717) is 13.2 Å². The first-order valence-corrected chi connectivity index (χ1v) is 10.1. The van der Waals surface area contributed by atoms with Crippen LogP contribution in [0.25, 0.3) is 16.8 Å². The highest BCUT2D eigenvalue weighted by atomic mass is 127. The van der Waals surface area contributed by atoms with Crippen LogP contribution in [0.15, 0.2) is 42.0 Å². The number of carbonyl (C=O) groups is 1. The Labute approximate surface area is 179 Å². The van der Waals surface area contributed by atoms with Crippen LogP contribution in [0.5, 0.6) is 0 Å². The van der Waals surface area contributed by atoms with E-state index in [1.54, 1.807) is 29.1 Å². The van der Waals surface area contributed by atoms with Crippen molar-refractivity contribution in [2.24, 2.45) is 0 Å². The van der Waals surface area contributed by atoms with Gasteiger partial charge in [-0.25, -0.2) is 0 Å². The Morgan fingerprint density at radius 2 is 1.93 bits per heavy atom. The number of hydrogen-bond acceptors (Lipinski definition) is 5. The standard InChI is InChI=1S/C21H23IN4O2/c1-25-7-9-26(10-8-25)20-5-4-17-12-16(2-3-18(17)14-20)13-19(15-23)21(27)24-6-11-28-22/h2-5,12-14H,6-11H2,1H3,(H,24,27)/b19-13+. The van der Waals surface area contributed by atoms with Crippen molar-refractivity contribution < 1.29 is 7.86 Å². The van der Waals surface area contributed by atoms with Gasteiger partial charge in [0.05, 0.1) is 6.61 Å². The third-order valence-corrected chi connectivity index (χ3v) is 5.30. The summed E-state index contributed by atoms with van der Waals surface area (Å²) in [4.78, 5) is 16.8. The summed E-state index contributed by atoms with van der Waals surface area (Å²) in [6, 6.07) is 14.4. The molecule has 146 valence electrons. The fourth-order valence-electron chi connectivity index (χ4n) is 3.22. The molecule has 1 heterocycles. The van der Waals surface area contributed by atoms with Gasteiger partial charge in [0.25, 0.3) is 5.91 Å². The molecule has 1 aliphatic heterocycles. The topological polar surface area (TPSA) is 68.6 Å². The molecule has 1 amide bonds.